The molecule has 7 heteroatoms. The zero-order valence-corrected chi connectivity index (χ0v) is 14.0. The first-order valence-electron chi connectivity index (χ1n) is 8.18. The normalized spacial score (nSPS) is 14.8. The van der Waals surface area contributed by atoms with Gasteiger partial charge in [0.25, 0.3) is 0 Å². The summed E-state index contributed by atoms with van der Waals surface area (Å²) < 4.78 is 15.6. The van der Waals surface area contributed by atoms with Gasteiger partial charge in [-0.2, -0.15) is 5.10 Å². The SMILES string of the molecule is CCn1cc(NC(=O)N2CCN(c3ccccc3F)CC2)c(C)n1. The number of halogens is 1. The van der Waals surface area contributed by atoms with Crippen molar-refractivity contribution in [2.75, 3.05) is 36.4 Å². The fraction of sp³-hybridized carbons (Fsp3) is 0.412. The maximum atomic E-state index is 13.9. The van der Waals surface area contributed by atoms with E-state index in [4.69, 9.17) is 0 Å². The highest BCUT2D eigenvalue weighted by molar-refractivity contribution is 5.89. The molecule has 1 fully saturated rings. The molecule has 0 saturated carbocycles. The summed E-state index contributed by atoms with van der Waals surface area (Å²) in [5.41, 5.74) is 2.13. The van der Waals surface area contributed by atoms with E-state index in [1.165, 1.54) is 6.07 Å². The maximum Gasteiger partial charge on any atom is 0.322 e. The maximum absolute atomic E-state index is 13.9. The zero-order valence-electron chi connectivity index (χ0n) is 14.0. The Bertz CT molecular complexity index is 722. The van der Waals surface area contributed by atoms with Crippen molar-refractivity contribution in [2.45, 2.75) is 20.4 Å². The van der Waals surface area contributed by atoms with Crippen molar-refractivity contribution >= 4 is 17.4 Å². The monoisotopic (exact) mass is 331 g/mol. The fourth-order valence-corrected chi connectivity index (χ4v) is 2.86. The van der Waals surface area contributed by atoms with Crippen LogP contribution in [-0.2, 0) is 6.54 Å². The molecule has 0 radical (unpaired) electrons. The number of urea groups is 1. The number of carbonyl (C=O) groups excluding carboxylic acids is 1. The lowest BCUT2D eigenvalue weighted by Crippen LogP contribution is -2.50. The Labute approximate surface area is 140 Å². The molecule has 1 saturated heterocycles. The van der Waals surface area contributed by atoms with Gasteiger partial charge in [0.1, 0.15) is 5.82 Å². The van der Waals surface area contributed by atoms with Crippen molar-refractivity contribution in [2.24, 2.45) is 0 Å². The van der Waals surface area contributed by atoms with E-state index >= 15 is 0 Å². The number of amides is 2. The predicted octanol–water partition coefficient (Wildman–Crippen LogP) is 2.70. The van der Waals surface area contributed by atoms with Crippen LogP contribution >= 0.6 is 0 Å². The number of hydrogen-bond donors (Lipinski definition) is 1. The van der Waals surface area contributed by atoms with Crippen LogP contribution in [0.1, 0.15) is 12.6 Å². The number of anilines is 2. The van der Waals surface area contributed by atoms with Gasteiger partial charge in [-0.25, -0.2) is 9.18 Å². The van der Waals surface area contributed by atoms with E-state index in [0.717, 1.165) is 17.9 Å². The lowest BCUT2D eigenvalue weighted by atomic mass is 10.2. The number of carbonyl (C=O) groups is 1. The smallest absolute Gasteiger partial charge is 0.322 e. The Kier molecular flexibility index (Phi) is 4.69. The molecule has 128 valence electrons. The fourth-order valence-electron chi connectivity index (χ4n) is 2.86. The molecule has 0 atom stereocenters. The summed E-state index contributed by atoms with van der Waals surface area (Å²) in [5, 5.41) is 7.23. The van der Waals surface area contributed by atoms with E-state index in [-0.39, 0.29) is 11.8 Å². The topological polar surface area (TPSA) is 53.4 Å². The molecule has 24 heavy (non-hydrogen) atoms. The van der Waals surface area contributed by atoms with Crippen LogP contribution in [0.3, 0.4) is 0 Å². The summed E-state index contributed by atoms with van der Waals surface area (Å²) >= 11 is 0. The van der Waals surface area contributed by atoms with Gasteiger partial charge >= 0.3 is 6.03 Å². The number of aryl methyl sites for hydroxylation is 2. The summed E-state index contributed by atoms with van der Waals surface area (Å²) in [6, 6.07) is 6.60. The van der Waals surface area contributed by atoms with Gasteiger partial charge in [-0.15, -0.1) is 0 Å². The summed E-state index contributed by atoms with van der Waals surface area (Å²) in [6.45, 7) is 6.97. The minimum Gasteiger partial charge on any atom is -0.366 e. The van der Waals surface area contributed by atoms with Gasteiger partial charge in [0.2, 0.25) is 0 Å². The van der Waals surface area contributed by atoms with Gasteiger partial charge in [0.05, 0.1) is 17.1 Å². The third-order valence-corrected chi connectivity index (χ3v) is 4.27. The summed E-state index contributed by atoms with van der Waals surface area (Å²) in [5.74, 6) is -0.224. The number of piperazine rings is 1. The zero-order chi connectivity index (χ0) is 17.1. The van der Waals surface area contributed by atoms with Crippen molar-refractivity contribution in [3.8, 4) is 0 Å². The van der Waals surface area contributed by atoms with Gasteiger partial charge in [-0.05, 0) is 26.0 Å². The first-order valence-corrected chi connectivity index (χ1v) is 8.18. The third kappa shape index (κ3) is 3.34. The average Bonchev–Trinajstić information content (AvgIpc) is 2.95. The summed E-state index contributed by atoms with van der Waals surface area (Å²) in [6.07, 6.45) is 1.84. The van der Waals surface area contributed by atoms with E-state index in [9.17, 15) is 9.18 Å². The minimum absolute atomic E-state index is 0.137. The van der Waals surface area contributed by atoms with Crippen molar-refractivity contribution in [1.29, 1.82) is 0 Å². The molecule has 1 N–H and O–H groups in total. The number of rotatable bonds is 3. The Morgan fingerprint density at radius 3 is 2.58 bits per heavy atom. The van der Waals surface area contributed by atoms with Crippen molar-refractivity contribution in [3.05, 3.63) is 42.0 Å². The molecule has 1 aliphatic rings. The molecule has 1 aliphatic heterocycles. The second-order valence-electron chi connectivity index (χ2n) is 5.84. The number of para-hydroxylation sites is 1. The van der Waals surface area contributed by atoms with Gasteiger partial charge in [0.15, 0.2) is 0 Å². The highest BCUT2D eigenvalue weighted by Gasteiger charge is 2.23. The van der Waals surface area contributed by atoms with E-state index in [0.29, 0.717) is 31.9 Å². The van der Waals surface area contributed by atoms with Crippen molar-refractivity contribution in [3.63, 3.8) is 0 Å². The lowest BCUT2D eigenvalue weighted by Gasteiger charge is -2.36. The molecular formula is C17H22FN5O. The molecule has 2 amide bonds. The van der Waals surface area contributed by atoms with Crippen LogP contribution in [0.25, 0.3) is 0 Å². The lowest BCUT2D eigenvalue weighted by molar-refractivity contribution is 0.208. The Balaban J connectivity index is 1.59. The third-order valence-electron chi connectivity index (χ3n) is 4.27. The van der Waals surface area contributed by atoms with Crippen molar-refractivity contribution in [1.82, 2.24) is 14.7 Å². The first-order chi connectivity index (χ1) is 11.6. The molecule has 6 nitrogen and oxygen atoms in total. The highest BCUT2D eigenvalue weighted by Crippen LogP contribution is 2.20. The van der Waals surface area contributed by atoms with Crippen LogP contribution in [0, 0.1) is 12.7 Å². The van der Waals surface area contributed by atoms with Crippen LogP contribution in [0.5, 0.6) is 0 Å². The minimum atomic E-state index is -0.224. The largest absolute Gasteiger partial charge is 0.366 e. The quantitative estimate of drug-likeness (QED) is 0.941. The number of benzene rings is 1. The molecule has 0 aliphatic carbocycles. The second kappa shape index (κ2) is 6.90. The van der Waals surface area contributed by atoms with Gasteiger partial charge in [0, 0.05) is 38.9 Å². The van der Waals surface area contributed by atoms with Gasteiger partial charge in [-0.3, -0.25) is 4.68 Å². The standard InChI is InChI=1S/C17H22FN5O/c1-3-23-12-15(13(2)20-23)19-17(24)22-10-8-21(9-11-22)16-7-5-4-6-14(16)18/h4-7,12H,3,8-11H2,1-2H3,(H,19,24). The van der Waals surface area contributed by atoms with Gasteiger partial charge < -0.3 is 15.1 Å². The Morgan fingerprint density at radius 1 is 1.25 bits per heavy atom. The molecule has 2 heterocycles. The summed E-state index contributed by atoms with van der Waals surface area (Å²) in [7, 11) is 0. The van der Waals surface area contributed by atoms with Crippen LogP contribution in [0.2, 0.25) is 0 Å². The highest BCUT2D eigenvalue weighted by atomic mass is 19.1. The Morgan fingerprint density at radius 2 is 1.96 bits per heavy atom. The molecule has 3 rings (SSSR count). The molecule has 0 spiro atoms. The first kappa shape index (κ1) is 16.3. The molecule has 0 bridgehead atoms. The molecule has 0 unspecified atom stereocenters. The van der Waals surface area contributed by atoms with E-state index in [1.807, 2.05) is 31.0 Å². The van der Waals surface area contributed by atoms with Crippen LogP contribution in [0.15, 0.2) is 30.5 Å². The Hall–Kier alpha value is -2.57. The molecule has 1 aromatic heterocycles. The number of aromatic nitrogens is 2. The number of nitrogens with one attached hydrogen (secondary N) is 1. The van der Waals surface area contributed by atoms with E-state index < -0.39 is 0 Å². The number of nitrogens with zero attached hydrogens (tertiary/aromatic N) is 4. The van der Waals surface area contributed by atoms with Gasteiger partial charge in [-0.1, -0.05) is 12.1 Å². The molecule has 1 aromatic carbocycles. The van der Waals surface area contributed by atoms with Crippen LogP contribution in [0.4, 0.5) is 20.6 Å². The van der Waals surface area contributed by atoms with E-state index in [2.05, 4.69) is 10.4 Å². The molecular weight excluding hydrogens is 309 g/mol. The molecule has 2 aromatic rings. The van der Waals surface area contributed by atoms with Crippen molar-refractivity contribution < 1.29 is 9.18 Å². The van der Waals surface area contributed by atoms with Crippen LogP contribution in [-0.4, -0.2) is 46.9 Å². The van der Waals surface area contributed by atoms with Crippen LogP contribution < -0.4 is 10.2 Å². The predicted molar refractivity (Wildman–Crippen MR) is 91.8 cm³/mol. The number of hydrogen-bond acceptors (Lipinski definition) is 3. The summed E-state index contributed by atoms with van der Waals surface area (Å²) in [4.78, 5) is 16.1. The van der Waals surface area contributed by atoms with E-state index in [1.54, 1.807) is 21.7 Å². The second-order valence-corrected chi connectivity index (χ2v) is 5.84. The average molecular weight is 331 g/mol.